The molecule has 4 rings (SSSR count). The molecular weight excluding hydrogens is 238 g/mol. The minimum Gasteiger partial charge on any atom is -0.441 e. The van der Waals surface area contributed by atoms with Gasteiger partial charge in [-0.3, -0.25) is 0 Å². The normalized spacial score (nSPS) is 31.1. The minimum atomic E-state index is -0.277. The summed E-state index contributed by atoms with van der Waals surface area (Å²) in [6.45, 7) is 0. The molecule has 1 aromatic heterocycles. The van der Waals surface area contributed by atoms with Crippen molar-refractivity contribution in [3.8, 4) is 0 Å². The van der Waals surface area contributed by atoms with Crippen LogP contribution in [-0.2, 0) is 6.42 Å². The standard InChI is InChI=1S/C16H19NO2/c18-13(16-10-5-1-2-6-11(10)16)9-15-17-12-7-3-4-8-14(12)19-15/h3-4,7-8,10-11,13,16,18H,1-2,5-6,9H2. The number of nitrogens with zero attached hydrogens (tertiary/aromatic N) is 1. The summed E-state index contributed by atoms with van der Waals surface area (Å²) in [5.41, 5.74) is 1.70. The predicted molar refractivity (Wildman–Crippen MR) is 72.7 cm³/mol. The van der Waals surface area contributed by atoms with E-state index in [-0.39, 0.29) is 6.10 Å². The minimum absolute atomic E-state index is 0.277. The Kier molecular flexibility index (Phi) is 2.62. The Morgan fingerprint density at radius 2 is 1.95 bits per heavy atom. The number of fused-ring (bicyclic) bond motifs is 2. The summed E-state index contributed by atoms with van der Waals surface area (Å²) in [4.78, 5) is 4.45. The zero-order valence-electron chi connectivity index (χ0n) is 11.0. The third-order valence-electron chi connectivity index (χ3n) is 4.89. The van der Waals surface area contributed by atoms with Crippen LogP contribution in [-0.4, -0.2) is 16.2 Å². The second-order valence-electron chi connectivity index (χ2n) is 6.04. The number of hydrogen-bond donors (Lipinski definition) is 1. The van der Waals surface area contributed by atoms with E-state index in [0.29, 0.717) is 18.2 Å². The molecule has 0 spiro atoms. The zero-order chi connectivity index (χ0) is 12.8. The zero-order valence-corrected chi connectivity index (χ0v) is 11.0. The second-order valence-corrected chi connectivity index (χ2v) is 6.04. The van der Waals surface area contributed by atoms with Gasteiger partial charge in [-0.2, -0.15) is 0 Å². The van der Waals surface area contributed by atoms with Crippen molar-refractivity contribution in [3.05, 3.63) is 30.2 Å². The Hall–Kier alpha value is -1.35. The molecular formula is C16H19NO2. The molecule has 0 amide bonds. The molecule has 0 radical (unpaired) electrons. The lowest BCUT2D eigenvalue weighted by atomic mass is 10.0. The average molecular weight is 257 g/mol. The highest BCUT2D eigenvalue weighted by atomic mass is 16.4. The van der Waals surface area contributed by atoms with Gasteiger partial charge in [-0.05, 0) is 42.7 Å². The van der Waals surface area contributed by atoms with Crippen LogP contribution < -0.4 is 0 Å². The van der Waals surface area contributed by atoms with Crippen LogP contribution in [0.15, 0.2) is 28.7 Å². The first-order valence-corrected chi connectivity index (χ1v) is 7.35. The van der Waals surface area contributed by atoms with Crippen molar-refractivity contribution in [1.82, 2.24) is 4.98 Å². The molecule has 2 aromatic rings. The van der Waals surface area contributed by atoms with Crippen molar-refractivity contribution in [2.45, 2.75) is 38.2 Å². The van der Waals surface area contributed by atoms with Gasteiger partial charge >= 0.3 is 0 Å². The van der Waals surface area contributed by atoms with Crippen LogP contribution in [0.4, 0.5) is 0 Å². The van der Waals surface area contributed by atoms with Crippen LogP contribution in [0.3, 0.4) is 0 Å². The maximum absolute atomic E-state index is 10.4. The second kappa shape index (κ2) is 4.34. The summed E-state index contributed by atoms with van der Waals surface area (Å²) in [5, 5.41) is 10.4. The fourth-order valence-electron chi connectivity index (χ4n) is 3.94. The van der Waals surface area contributed by atoms with Gasteiger partial charge in [0.1, 0.15) is 5.52 Å². The van der Waals surface area contributed by atoms with Crippen molar-refractivity contribution in [3.63, 3.8) is 0 Å². The van der Waals surface area contributed by atoms with E-state index in [1.54, 1.807) is 0 Å². The number of aliphatic hydroxyl groups excluding tert-OH is 1. The third kappa shape index (κ3) is 1.96. The molecule has 0 bridgehead atoms. The van der Waals surface area contributed by atoms with E-state index in [2.05, 4.69) is 4.98 Å². The first-order chi connectivity index (χ1) is 9.33. The van der Waals surface area contributed by atoms with Crippen LogP contribution >= 0.6 is 0 Å². The molecule has 2 aliphatic rings. The van der Waals surface area contributed by atoms with Crippen LogP contribution in [0.1, 0.15) is 31.6 Å². The Balaban J connectivity index is 1.49. The van der Waals surface area contributed by atoms with Gasteiger partial charge in [0.05, 0.1) is 12.5 Å². The fraction of sp³-hybridized carbons (Fsp3) is 0.562. The van der Waals surface area contributed by atoms with E-state index in [1.807, 2.05) is 24.3 Å². The quantitative estimate of drug-likeness (QED) is 0.918. The van der Waals surface area contributed by atoms with Crippen LogP contribution in [0.5, 0.6) is 0 Å². The summed E-state index contributed by atoms with van der Waals surface area (Å²) >= 11 is 0. The van der Waals surface area contributed by atoms with Gasteiger partial charge in [0.2, 0.25) is 0 Å². The molecule has 2 aliphatic carbocycles. The van der Waals surface area contributed by atoms with Gasteiger partial charge in [0.15, 0.2) is 11.5 Å². The largest absolute Gasteiger partial charge is 0.441 e. The molecule has 1 N–H and O–H groups in total. The van der Waals surface area contributed by atoms with Crippen molar-refractivity contribution < 1.29 is 9.52 Å². The molecule has 2 saturated carbocycles. The van der Waals surface area contributed by atoms with Gasteiger partial charge in [-0.15, -0.1) is 0 Å². The van der Waals surface area contributed by atoms with E-state index in [4.69, 9.17) is 4.42 Å². The maximum atomic E-state index is 10.4. The van der Waals surface area contributed by atoms with E-state index < -0.39 is 0 Å². The third-order valence-corrected chi connectivity index (χ3v) is 4.89. The van der Waals surface area contributed by atoms with Crippen LogP contribution in [0.25, 0.3) is 11.1 Å². The summed E-state index contributed by atoms with van der Waals surface area (Å²) in [6.07, 6.45) is 5.58. The molecule has 3 heteroatoms. The Morgan fingerprint density at radius 1 is 1.21 bits per heavy atom. The van der Waals surface area contributed by atoms with E-state index in [9.17, 15) is 5.11 Å². The maximum Gasteiger partial charge on any atom is 0.198 e. The average Bonchev–Trinajstić information content (AvgIpc) is 3.02. The van der Waals surface area contributed by atoms with Crippen molar-refractivity contribution in [1.29, 1.82) is 0 Å². The topological polar surface area (TPSA) is 46.3 Å². The van der Waals surface area contributed by atoms with Crippen molar-refractivity contribution in [2.75, 3.05) is 0 Å². The van der Waals surface area contributed by atoms with Gasteiger partial charge in [-0.1, -0.05) is 25.0 Å². The highest BCUT2D eigenvalue weighted by molar-refractivity contribution is 5.72. The van der Waals surface area contributed by atoms with E-state index in [0.717, 1.165) is 22.9 Å². The summed E-state index contributed by atoms with van der Waals surface area (Å²) in [6, 6.07) is 7.78. The van der Waals surface area contributed by atoms with Gasteiger partial charge < -0.3 is 9.52 Å². The molecule has 3 nitrogen and oxygen atoms in total. The first kappa shape index (κ1) is 11.5. The summed E-state index contributed by atoms with van der Waals surface area (Å²) in [5.74, 6) is 2.72. The van der Waals surface area contributed by atoms with Crippen LogP contribution in [0, 0.1) is 17.8 Å². The lowest BCUT2D eigenvalue weighted by Gasteiger charge is -2.06. The predicted octanol–water partition coefficient (Wildman–Crippen LogP) is 3.17. The Morgan fingerprint density at radius 3 is 2.68 bits per heavy atom. The molecule has 0 aliphatic heterocycles. The molecule has 2 fully saturated rings. The van der Waals surface area contributed by atoms with E-state index in [1.165, 1.54) is 25.7 Å². The smallest absolute Gasteiger partial charge is 0.198 e. The number of aromatic nitrogens is 1. The highest BCUT2D eigenvalue weighted by Crippen LogP contribution is 2.57. The number of benzene rings is 1. The first-order valence-electron chi connectivity index (χ1n) is 7.35. The molecule has 1 aromatic carbocycles. The number of para-hydroxylation sites is 2. The summed E-state index contributed by atoms with van der Waals surface area (Å²) in [7, 11) is 0. The van der Waals surface area contributed by atoms with Gasteiger partial charge in [-0.25, -0.2) is 4.98 Å². The Labute approximate surface area is 112 Å². The number of hydrogen-bond acceptors (Lipinski definition) is 3. The molecule has 3 unspecified atom stereocenters. The summed E-state index contributed by atoms with van der Waals surface area (Å²) < 4.78 is 5.70. The number of aliphatic hydroxyl groups is 1. The van der Waals surface area contributed by atoms with Crippen LogP contribution in [0.2, 0.25) is 0 Å². The van der Waals surface area contributed by atoms with Crippen molar-refractivity contribution in [2.24, 2.45) is 17.8 Å². The monoisotopic (exact) mass is 257 g/mol. The molecule has 0 saturated heterocycles. The lowest BCUT2D eigenvalue weighted by molar-refractivity contribution is 0.133. The molecule has 100 valence electrons. The molecule has 1 heterocycles. The lowest BCUT2D eigenvalue weighted by Crippen LogP contribution is -2.15. The fourth-order valence-corrected chi connectivity index (χ4v) is 3.94. The molecule has 19 heavy (non-hydrogen) atoms. The highest BCUT2D eigenvalue weighted by Gasteiger charge is 2.53. The van der Waals surface area contributed by atoms with E-state index >= 15 is 0 Å². The number of rotatable bonds is 3. The number of oxazole rings is 1. The molecule has 3 atom stereocenters. The van der Waals surface area contributed by atoms with Gasteiger partial charge in [0, 0.05) is 0 Å². The van der Waals surface area contributed by atoms with Gasteiger partial charge in [0.25, 0.3) is 0 Å². The Bertz CT molecular complexity index is 546. The SMILES string of the molecule is OC(Cc1nc2ccccc2o1)C1C2CCCCC21. The van der Waals surface area contributed by atoms with Crippen molar-refractivity contribution >= 4 is 11.1 Å².